The minimum Gasteiger partial charge on any atom is -0.271 e. The Morgan fingerprint density at radius 1 is 1.19 bits per heavy atom. The Labute approximate surface area is 131 Å². The molecule has 0 bridgehead atoms. The van der Waals surface area contributed by atoms with Gasteiger partial charge in [0.1, 0.15) is 0 Å². The third kappa shape index (κ3) is 3.74. The number of hydrogen-bond acceptors (Lipinski definition) is 3. The first-order chi connectivity index (χ1) is 10.0. The van der Waals surface area contributed by atoms with Crippen LogP contribution < -0.4 is 11.3 Å². The monoisotopic (exact) mass is 328 g/mol. The first-order valence-corrected chi connectivity index (χ1v) is 7.69. The van der Waals surface area contributed by atoms with Crippen LogP contribution in [0.3, 0.4) is 0 Å². The van der Waals surface area contributed by atoms with E-state index in [1.807, 2.05) is 18.2 Å². The molecule has 112 valence electrons. The molecule has 3 N–H and O–H groups in total. The third-order valence-electron chi connectivity index (χ3n) is 3.12. The van der Waals surface area contributed by atoms with E-state index >= 15 is 0 Å². The summed E-state index contributed by atoms with van der Waals surface area (Å²) < 4.78 is 27.6. The van der Waals surface area contributed by atoms with E-state index in [1.54, 1.807) is 12.1 Å². The smallest absolute Gasteiger partial charge is 0.163 e. The maximum Gasteiger partial charge on any atom is 0.163 e. The van der Waals surface area contributed by atoms with Gasteiger partial charge in [-0.25, -0.2) is 8.78 Å². The van der Waals surface area contributed by atoms with Gasteiger partial charge < -0.3 is 0 Å². The fraction of sp³-hybridized carbons (Fsp3) is 0.200. The predicted octanol–water partition coefficient (Wildman–Crippen LogP) is 4.22. The maximum atomic E-state index is 14.0. The van der Waals surface area contributed by atoms with Gasteiger partial charge in [-0.2, -0.15) is 0 Å². The van der Waals surface area contributed by atoms with Crippen LogP contribution in [-0.4, -0.2) is 5.75 Å². The highest BCUT2D eigenvalue weighted by atomic mass is 35.5. The number of rotatable bonds is 5. The van der Waals surface area contributed by atoms with Crippen LogP contribution in [0.15, 0.2) is 41.3 Å². The average molecular weight is 329 g/mol. The molecule has 2 aromatic carbocycles. The summed E-state index contributed by atoms with van der Waals surface area (Å²) in [5.74, 6) is 4.21. The summed E-state index contributed by atoms with van der Waals surface area (Å²) in [6.07, 6.45) is 0. The number of aryl methyl sites for hydroxylation is 1. The topological polar surface area (TPSA) is 38.0 Å². The lowest BCUT2D eigenvalue weighted by atomic mass is 10.1. The summed E-state index contributed by atoms with van der Waals surface area (Å²) in [6, 6.07) is 9.92. The lowest BCUT2D eigenvalue weighted by molar-refractivity contribution is 0.474. The largest absolute Gasteiger partial charge is 0.271 e. The van der Waals surface area contributed by atoms with E-state index in [0.29, 0.717) is 10.8 Å². The van der Waals surface area contributed by atoms with Gasteiger partial charge in [0.2, 0.25) is 0 Å². The predicted molar refractivity (Wildman–Crippen MR) is 83.3 cm³/mol. The summed E-state index contributed by atoms with van der Waals surface area (Å²) in [7, 11) is 0. The molecule has 0 spiro atoms. The van der Waals surface area contributed by atoms with Crippen molar-refractivity contribution in [1.29, 1.82) is 0 Å². The number of thioether (sulfide) groups is 1. The lowest BCUT2D eigenvalue weighted by Gasteiger charge is -2.18. The molecular weight excluding hydrogens is 314 g/mol. The van der Waals surface area contributed by atoms with Crippen molar-refractivity contribution in [3.8, 4) is 0 Å². The van der Waals surface area contributed by atoms with Gasteiger partial charge in [0.05, 0.1) is 11.1 Å². The van der Waals surface area contributed by atoms with E-state index in [2.05, 4.69) is 5.43 Å². The Kier molecular flexibility index (Phi) is 5.58. The molecule has 1 atom stereocenters. The van der Waals surface area contributed by atoms with Gasteiger partial charge in [-0.15, -0.1) is 11.8 Å². The minimum absolute atomic E-state index is 0.208. The normalized spacial score (nSPS) is 12.4. The highest BCUT2D eigenvalue weighted by molar-refractivity contribution is 7.99. The van der Waals surface area contributed by atoms with Crippen LogP contribution in [0.2, 0.25) is 5.02 Å². The minimum atomic E-state index is -0.863. The zero-order valence-electron chi connectivity index (χ0n) is 11.4. The number of halogens is 3. The second kappa shape index (κ2) is 7.22. The molecule has 0 fully saturated rings. The molecule has 0 aromatic heterocycles. The van der Waals surface area contributed by atoms with Gasteiger partial charge in [0.15, 0.2) is 11.6 Å². The van der Waals surface area contributed by atoms with Crippen LogP contribution in [0.5, 0.6) is 0 Å². The zero-order chi connectivity index (χ0) is 15.4. The molecule has 2 nitrogen and oxygen atoms in total. The second-order valence-electron chi connectivity index (χ2n) is 4.56. The highest BCUT2D eigenvalue weighted by Crippen LogP contribution is 2.31. The average Bonchev–Trinajstić information content (AvgIpc) is 2.49. The van der Waals surface area contributed by atoms with E-state index < -0.39 is 17.7 Å². The van der Waals surface area contributed by atoms with Crippen molar-refractivity contribution in [1.82, 2.24) is 5.43 Å². The van der Waals surface area contributed by atoms with Gasteiger partial charge in [0, 0.05) is 16.2 Å². The summed E-state index contributed by atoms with van der Waals surface area (Å²) in [5, 5.41) is 0.619. The van der Waals surface area contributed by atoms with Crippen LogP contribution in [0, 0.1) is 18.6 Å². The first-order valence-electron chi connectivity index (χ1n) is 6.32. The van der Waals surface area contributed by atoms with Crippen molar-refractivity contribution in [2.24, 2.45) is 5.84 Å². The Morgan fingerprint density at radius 2 is 1.90 bits per heavy atom. The van der Waals surface area contributed by atoms with Crippen LogP contribution in [0.4, 0.5) is 8.78 Å². The summed E-state index contributed by atoms with van der Waals surface area (Å²) in [6.45, 7) is 1.52. The highest BCUT2D eigenvalue weighted by Gasteiger charge is 2.19. The molecule has 1 unspecified atom stereocenters. The summed E-state index contributed by atoms with van der Waals surface area (Å²) >= 11 is 7.50. The van der Waals surface area contributed by atoms with Crippen molar-refractivity contribution in [2.45, 2.75) is 17.9 Å². The third-order valence-corrected chi connectivity index (χ3v) is 4.73. The molecule has 0 saturated carbocycles. The molecule has 0 radical (unpaired) electrons. The Bertz CT molecular complexity index is 637. The van der Waals surface area contributed by atoms with E-state index in [1.165, 1.54) is 24.8 Å². The Balaban J connectivity index is 2.18. The van der Waals surface area contributed by atoms with Gasteiger partial charge in [-0.1, -0.05) is 35.9 Å². The van der Waals surface area contributed by atoms with E-state index in [-0.39, 0.29) is 11.1 Å². The van der Waals surface area contributed by atoms with E-state index in [4.69, 9.17) is 17.4 Å². The molecule has 0 aliphatic rings. The fourth-order valence-electron chi connectivity index (χ4n) is 1.89. The molecule has 21 heavy (non-hydrogen) atoms. The zero-order valence-corrected chi connectivity index (χ0v) is 12.9. The lowest BCUT2D eigenvalue weighted by Crippen LogP contribution is -2.30. The number of nitrogens with one attached hydrogen (secondary N) is 1. The summed E-state index contributed by atoms with van der Waals surface area (Å²) in [5.41, 5.74) is 3.00. The number of nitrogens with two attached hydrogens (primary N) is 1. The first kappa shape index (κ1) is 16.2. The maximum absolute atomic E-state index is 14.0. The van der Waals surface area contributed by atoms with E-state index in [0.717, 1.165) is 4.90 Å². The SMILES string of the molecule is Cc1ccc(C(CSc2ccccc2Cl)NN)c(F)c1F. The molecule has 2 rings (SSSR count). The Hall–Kier alpha value is -1.14. The standard InChI is InChI=1S/C15H15ClF2N2S/c1-9-6-7-10(15(18)14(9)17)12(20-19)8-21-13-5-3-2-4-11(13)16/h2-7,12,20H,8,19H2,1H3. The number of benzene rings is 2. The molecule has 0 amide bonds. The van der Waals surface area contributed by atoms with Crippen molar-refractivity contribution in [2.75, 3.05) is 5.75 Å². The van der Waals surface area contributed by atoms with Crippen molar-refractivity contribution in [3.05, 3.63) is 64.2 Å². The molecule has 0 heterocycles. The van der Waals surface area contributed by atoms with Crippen molar-refractivity contribution in [3.63, 3.8) is 0 Å². The van der Waals surface area contributed by atoms with Crippen molar-refractivity contribution < 1.29 is 8.78 Å². The molecular formula is C15H15ClF2N2S. The van der Waals surface area contributed by atoms with Gasteiger partial charge >= 0.3 is 0 Å². The van der Waals surface area contributed by atoms with Crippen LogP contribution >= 0.6 is 23.4 Å². The fourth-order valence-corrected chi connectivity index (χ4v) is 3.19. The molecule has 2 aromatic rings. The Morgan fingerprint density at radius 3 is 2.57 bits per heavy atom. The van der Waals surface area contributed by atoms with Gasteiger partial charge in [-0.05, 0) is 24.6 Å². The molecule has 0 aliphatic heterocycles. The van der Waals surface area contributed by atoms with Crippen molar-refractivity contribution >= 4 is 23.4 Å². The van der Waals surface area contributed by atoms with E-state index in [9.17, 15) is 8.78 Å². The molecule has 6 heteroatoms. The van der Waals surface area contributed by atoms with Crippen LogP contribution in [0.25, 0.3) is 0 Å². The molecule has 0 saturated heterocycles. The number of hydrogen-bond donors (Lipinski definition) is 2. The second-order valence-corrected chi connectivity index (χ2v) is 6.03. The molecule has 0 aliphatic carbocycles. The quantitative estimate of drug-likeness (QED) is 0.490. The van der Waals surface area contributed by atoms with Gasteiger partial charge in [0.25, 0.3) is 0 Å². The van der Waals surface area contributed by atoms with Crippen LogP contribution in [0.1, 0.15) is 17.2 Å². The van der Waals surface area contributed by atoms with Gasteiger partial charge in [-0.3, -0.25) is 11.3 Å². The van der Waals surface area contributed by atoms with Crippen LogP contribution in [-0.2, 0) is 0 Å². The summed E-state index contributed by atoms with van der Waals surface area (Å²) in [4.78, 5) is 0.868. The number of hydrazine groups is 1.